The zero-order valence-electron chi connectivity index (χ0n) is 10.7. The molecular formula is C12H17BrN4S. The fourth-order valence-electron chi connectivity index (χ4n) is 1.84. The van der Waals surface area contributed by atoms with Gasteiger partial charge < -0.3 is 5.32 Å². The zero-order valence-corrected chi connectivity index (χ0v) is 13.1. The quantitative estimate of drug-likeness (QED) is 0.916. The fraction of sp³-hybridized carbons (Fsp3) is 0.500. The summed E-state index contributed by atoms with van der Waals surface area (Å²) in [6.07, 6.45) is 5.71. The maximum atomic E-state index is 4.41. The molecule has 0 unspecified atom stereocenters. The molecule has 0 amide bonds. The van der Waals surface area contributed by atoms with Crippen molar-refractivity contribution >= 4 is 27.3 Å². The first-order valence-corrected chi connectivity index (χ1v) is 7.52. The van der Waals surface area contributed by atoms with Crippen LogP contribution in [0.5, 0.6) is 0 Å². The number of rotatable bonds is 5. The molecule has 2 aromatic rings. The van der Waals surface area contributed by atoms with E-state index in [1.54, 1.807) is 17.5 Å². The highest BCUT2D eigenvalue weighted by Crippen LogP contribution is 2.19. The molecular weight excluding hydrogens is 312 g/mol. The van der Waals surface area contributed by atoms with Gasteiger partial charge >= 0.3 is 0 Å². The van der Waals surface area contributed by atoms with E-state index in [1.807, 2.05) is 17.1 Å². The lowest BCUT2D eigenvalue weighted by Crippen LogP contribution is -2.32. The maximum Gasteiger partial charge on any atom is 0.109 e. The number of nitrogens with one attached hydrogen (secondary N) is 1. The molecule has 2 rings (SSSR count). The molecule has 2 heterocycles. The smallest absolute Gasteiger partial charge is 0.109 e. The van der Waals surface area contributed by atoms with Gasteiger partial charge in [-0.05, 0) is 36.7 Å². The van der Waals surface area contributed by atoms with Gasteiger partial charge in [0.15, 0.2) is 0 Å². The molecule has 1 N–H and O–H groups in total. The molecule has 0 fully saturated rings. The summed E-state index contributed by atoms with van der Waals surface area (Å²) in [5.74, 6) is 0. The van der Waals surface area contributed by atoms with Crippen LogP contribution in [-0.4, -0.2) is 20.8 Å². The van der Waals surface area contributed by atoms with Gasteiger partial charge in [-0.15, -0.1) is 11.3 Å². The van der Waals surface area contributed by atoms with E-state index < -0.39 is 0 Å². The lowest BCUT2D eigenvalue weighted by molar-refractivity contribution is 0.412. The van der Waals surface area contributed by atoms with Crippen molar-refractivity contribution in [2.24, 2.45) is 0 Å². The average molecular weight is 329 g/mol. The van der Waals surface area contributed by atoms with E-state index in [4.69, 9.17) is 0 Å². The molecule has 4 nitrogen and oxygen atoms in total. The average Bonchev–Trinajstić information content (AvgIpc) is 2.87. The van der Waals surface area contributed by atoms with Gasteiger partial charge in [0, 0.05) is 23.3 Å². The maximum absolute atomic E-state index is 4.41. The Morgan fingerprint density at radius 3 is 2.78 bits per heavy atom. The summed E-state index contributed by atoms with van der Waals surface area (Å²) in [7, 11) is 0. The van der Waals surface area contributed by atoms with E-state index in [0.29, 0.717) is 6.04 Å². The Morgan fingerprint density at radius 1 is 1.44 bits per heavy atom. The third-order valence-corrected chi connectivity index (χ3v) is 4.11. The zero-order chi connectivity index (χ0) is 13.1. The first-order valence-electron chi connectivity index (χ1n) is 5.91. The second-order valence-corrected chi connectivity index (χ2v) is 6.66. The van der Waals surface area contributed by atoms with Gasteiger partial charge in [0.1, 0.15) is 5.01 Å². The van der Waals surface area contributed by atoms with Crippen LogP contribution >= 0.6 is 27.3 Å². The summed E-state index contributed by atoms with van der Waals surface area (Å²) < 4.78 is 2.94. The molecule has 0 aliphatic rings. The van der Waals surface area contributed by atoms with Crippen LogP contribution < -0.4 is 5.32 Å². The Balaban J connectivity index is 1.89. The SMILES string of the molecule is Cc1cnc([C@H](C)N[C@H](C)Cn2cc(Br)cn2)s1. The fourth-order valence-corrected chi connectivity index (χ4v) is 2.96. The van der Waals surface area contributed by atoms with Gasteiger partial charge in [0.2, 0.25) is 0 Å². The second-order valence-electron chi connectivity index (χ2n) is 4.48. The number of halogens is 1. The summed E-state index contributed by atoms with van der Waals surface area (Å²) in [4.78, 5) is 5.66. The van der Waals surface area contributed by atoms with Crippen LogP contribution in [0.1, 0.15) is 29.8 Å². The van der Waals surface area contributed by atoms with Gasteiger partial charge in [-0.1, -0.05) is 0 Å². The van der Waals surface area contributed by atoms with E-state index in [2.05, 4.69) is 52.1 Å². The van der Waals surface area contributed by atoms with Gasteiger partial charge in [0.25, 0.3) is 0 Å². The van der Waals surface area contributed by atoms with Crippen LogP contribution in [0.2, 0.25) is 0 Å². The Kier molecular flexibility index (Phi) is 4.53. The number of thiazole rings is 1. The standard InChI is InChI=1S/C12H17BrN4S/c1-8(6-17-7-11(13)5-15-17)16-10(3)12-14-4-9(2)18-12/h4-5,7-8,10,16H,6H2,1-3H3/t8-,10+/m1/s1. The molecule has 0 spiro atoms. The van der Waals surface area contributed by atoms with Crippen molar-refractivity contribution in [2.75, 3.05) is 0 Å². The summed E-state index contributed by atoms with van der Waals surface area (Å²) in [6.45, 7) is 7.24. The Labute approximate surface area is 120 Å². The number of aryl methyl sites for hydroxylation is 1. The minimum absolute atomic E-state index is 0.276. The topological polar surface area (TPSA) is 42.7 Å². The first kappa shape index (κ1) is 13.7. The minimum Gasteiger partial charge on any atom is -0.304 e. The lowest BCUT2D eigenvalue weighted by Gasteiger charge is -2.18. The van der Waals surface area contributed by atoms with Gasteiger partial charge in [-0.25, -0.2) is 4.98 Å². The predicted molar refractivity (Wildman–Crippen MR) is 77.8 cm³/mol. The second kappa shape index (κ2) is 5.95. The van der Waals surface area contributed by atoms with Gasteiger partial charge in [0.05, 0.1) is 23.3 Å². The molecule has 6 heteroatoms. The molecule has 0 aliphatic heterocycles. The van der Waals surface area contributed by atoms with E-state index in [0.717, 1.165) is 16.0 Å². The van der Waals surface area contributed by atoms with Crippen LogP contribution in [0, 0.1) is 6.92 Å². The van der Waals surface area contributed by atoms with Crippen molar-refractivity contribution in [1.82, 2.24) is 20.1 Å². The van der Waals surface area contributed by atoms with E-state index in [9.17, 15) is 0 Å². The number of hydrogen-bond acceptors (Lipinski definition) is 4. The normalized spacial score (nSPS) is 14.7. The first-order chi connectivity index (χ1) is 8.54. The van der Waals surface area contributed by atoms with Crippen LogP contribution in [0.15, 0.2) is 23.1 Å². The molecule has 18 heavy (non-hydrogen) atoms. The molecule has 98 valence electrons. The van der Waals surface area contributed by atoms with Crippen molar-refractivity contribution in [3.8, 4) is 0 Å². The van der Waals surface area contributed by atoms with Crippen LogP contribution in [0.4, 0.5) is 0 Å². The van der Waals surface area contributed by atoms with Crippen LogP contribution in [0.25, 0.3) is 0 Å². The van der Waals surface area contributed by atoms with Crippen LogP contribution in [0.3, 0.4) is 0 Å². The van der Waals surface area contributed by atoms with Crippen molar-refractivity contribution in [3.05, 3.63) is 32.9 Å². The summed E-state index contributed by atoms with van der Waals surface area (Å²) in [5, 5.41) is 8.94. The van der Waals surface area contributed by atoms with Crippen molar-refractivity contribution < 1.29 is 0 Å². The lowest BCUT2D eigenvalue weighted by atomic mass is 10.2. The molecule has 0 aromatic carbocycles. The van der Waals surface area contributed by atoms with Crippen LogP contribution in [-0.2, 0) is 6.54 Å². The molecule has 0 radical (unpaired) electrons. The van der Waals surface area contributed by atoms with Crippen molar-refractivity contribution in [3.63, 3.8) is 0 Å². The Bertz CT molecular complexity index is 508. The number of aromatic nitrogens is 3. The molecule has 0 saturated heterocycles. The third-order valence-electron chi connectivity index (χ3n) is 2.61. The molecule has 0 saturated carbocycles. The Hall–Kier alpha value is -0.720. The molecule has 2 atom stereocenters. The largest absolute Gasteiger partial charge is 0.304 e. The summed E-state index contributed by atoms with van der Waals surface area (Å²) >= 11 is 5.15. The van der Waals surface area contributed by atoms with E-state index in [-0.39, 0.29) is 6.04 Å². The van der Waals surface area contributed by atoms with Gasteiger partial charge in [-0.3, -0.25) is 4.68 Å². The summed E-state index contributed by atoms with van der Waals surface area (Å²) in [6, 6.07) is 0.619. The van der Waals surface area contributed by atoms with E-state index >= 15 is 0 Å². The summed E-state index contributed by atoms with van der Waals surface area (Å²) in [5.41, 5.74) is 0. The minimum atomic E-state index is 0.276. The van der Waals surface area contributed by atoms with Gasteiger partial charge in [-0.2, -0.15) is 5.10 Å². The van der Waals surface area contributed by atoms with Crippen molar-refractivity contribution in [1.29, 1.82) is 0 Å². The number of hydrogen-bond donors (Lipinski definition) is 1. The number of nitrogens with zero attached hydrogens (tertiary/aromatic N) is 3. The Morgan fingerprint density at radius 2 is 2.22 bits per heavy atom. The van der Waals surface area contributed by atoms with E-state index in [1.165, 1.54) is 4.88 Å². The highest BCUT2D eigenvalue weighted by atomic mass is 79.9. The third kappa shape index (κ3) is 3.63. The monoisotopic (exact) mass is 328 g/mol. The molecule has 0 bridgehead atoms. The highest BCUT2D eigenvalue weighted by molar-refractivity contribution is 9.10. The molecule has 0 aliphatic carbocycles. The van der Waals surface area contributed by atoms with Crippen molar-refractivity contribution in [2.45, 2.75) is 39.4 Å². The molecule has 2 aromatic heterocycles. The predicted octanol–water partition coefficient (Wildman–Crippen LogP) is 3.15. The highest BCUT2D eigenvalue weighted by Gasteiger charge is 2.13.